The molecule has 3 nitrogen and oxygen atoms in total. The number of benzene rings is 1. The first-order valence-electron chi connectivity index (χ1n) is 4.87. The fraction of sp³-hybridized carbons (Fsp3) is 0.0833. The molecule has 0 saturated carbocycles. The predicted octanol–water partition coefficient (Wildman–Crippen LogP) is 2.57. The maximum atomic E-state index is 8.75. The third-order valence-corrected chi connectivity index (χ3v) is 2.78. The number of aromatic amines is 1. The second kappa shape index (κ2) is 2.98. The van der Waals surface area contributed by atoms with Gasteiger partial charge in [0.2, 0.25) is 0 Å². The average molecular weight is 198 g/mol. The number of hydrogen-bond acceptors (Lipinski definition) is 2. The van der Waals surface area contributed by atoms with E-state index in [4.69, 9.17) is 5.21 Å². The van der Waals surface area contributed by atoms with Crippen LogP contribution in [0, 0.1) is 0 Å². The zero-order chi connectivity index (χ0) is 10.3. The van der Waals surface area contributed by atoms with E-state index in [2.05, 4.69) is 22.3 Å². The predicted molar refractivity (Wildman–Crippen MR) is 60.3 cm³/mol. The number of allylic oxidation sites excluding steroid dienone is 1. The summed E-state index contributed by atoms with van der Waals surface area (Å²) in [5.41, 5.74) is 4.16. The summed E-state index contributed by atoms with van der Waals surface area (Å²) in [7, 11) is 0. The first-order chi connectivity index (χ1) is 7.38. The lowest BCUT2D eigenvalue weighted by Crippen LogP contribution is -2.04. The maximum Gasteiger partial charge on any atom is 0.0841 e. The monoisotopic (exact) mass is 198 g/mol. The smallest absolute Gasteiger partial charge is 0.0841 e. The topological polar surface area (TPSA) is 48.4 Å². The number of aromatic nitrogens is 1. The van der Waals surface area contributed by atoms with Gasteiger partial charge in [-0.25, -0.2) is 0 Å². The molecule has 1 heterocycles. The Labute approximate surface area is 86.7 Å². The Morgan fingerprint density at radius 3 is 2.93 bits per heavy atom. The van der Waals surface area contributed by atoms with Crippen molar-refractivity contribution in [3.05, 3.63) is 41.6 Å². The van der Waals surface area contributed by atoms with Crippen LogP contribution >= 0.6 is 0 Å². The summed E-state index contributed by atoms with van der Waals surface area (Å²) in [6.07, 6.45) is 4.47. The molecule has 1 aliphatic carbocycles. The fourth-order valence-electron chi connectivity index (χ4n) is 2.04. The quantitative estimate of drug-likeness (QED) is 0.496. The Morgan fingerprint density at radius 1 is 1.20 bits per heavy atom. The highest BCUT2D eigenvalue weighted by atomic mass is 16.4. The standard InChI is InChI=1S/C12H10N2O/c15-14-8-5-6-12-10(7-8)9-3-1-2-4-11(9)13-12/h1-6,13,15H,7H2. The zero-order valence-corrected chi connectivity index (χ0v) is 8.07. The number of rotatable bonds is 0. The molecule has 1 aliphatic rings. The van der Waals surface area contributed by atoms with Gasteiger partial charge >= 0.3 is 0 Å². The van der Waals surface area contributed by atoms with Gasteiger partial charge in [-0.15, -0.1) is 0 Å². The summed E-state index contributed by atoms with van der Waals surface area (Å²) in [5, 5.41) is 13.2. The van der Waals surface area contributed by atoms with Crippen molar-refractivity contribution in [2.75, 3.05) is 0 Å². The third-order valence-electron chi connectivity index (χ3n) is 2.78. The Bertz CT molecular complexity index is 578. The van der Waals surface area contributed by atoms with Crippen LogP contribution in [0.25, 0.3) is 17.0 Å². The summed E-state index contributed by atoms with van der Waals surface area (Å²) >= 11 is 0. The number of oxime groups is 1. The summed E-state index contributed by atoms with van der Waals surface area (Å²) in [6.45, 7) is 0. The van der Waals surface area contributed by atoms with Crippen LogP contribution in [0.15, 0.2) is 35.5 Å². The van der Waals surface area contributed by atoms with E-state index in [0.717, 1.165) is 11.2 Å². The van der Waals surface area contributed by atoms with Gasteiger partial charge in [0.25, 0.3) is 0 Å². The van der Waals surface area contributed by atoms with Crippen molar-refractivity contribution >= 4 is 22.7 Å². The summed E-state index contributed by atoms with van der Waals surface area (Å²) in [6, 6.07) is 8.16. The van der Waals surface area contributed by atoms with Gasteiger partial charge in [0.1, 0.15) is 0 Å². The molecule has 0 atom stereocenters. The minimum Gasteiger partial charge on any atom is -0.411 e. The first kappa shape index (κ1) is 8.29. The zero-order valence-electron chi connectivity index (χ0n) is 8.07. The Morgan fingerprint density at radius 2 is 2.07 bits per heavy atom. The van der Waals surface area contributed by atoms with Crippen LogP contribution in [0.3, 0.4) is 0 Å². The van der Waals surface area contributed by atoms with E-state index < -0.39 is 0 Å². The first-order valence-corrected chi connectivity index (χ1v) is 4.87. The molecule has 2 N–H and O–H groups in total. The van der Waals surface area contributed by atoms with E-state index in [0.29, 0.717) is 12.1 Å². The normalized spacial score (nSPS) is 17.2. The van der Waals surface area contributed by atoms with Gasteiger partial charge in [-0.1, -0.05) is 23.4 Å². The lowest BCUT2D eigenvalue weighted by atomic mass is 10.00. The fourth-order valence-corrected chi connectivity index (χ4v) is 2.04. The molecule has 2 aromatic rings. The Balaban J connectivity index is 2.29. The highest BCUT2D eigenvalue weighted by molar-refractivity contribution is 6.05. The van der Waals surface area contributed by atoms with Crippen molar-refractivity contribution in [1.29, 1.82) is 0 Å². The number of nitrogens with zero attached hydrogens (tertiary/aromatic N) is 1. The van der Waals surface area contributed by atoms with Gasteiger partial charge in [-0.2, -0.15) is 0 Å². The Kier molecular flexibility index (Phi) is 1.65. The second-order valence-electron chi connectivity index (χ2n) is 3.66. The van der Waals surface area contributed by atoms with E-state index in [1.165, 1.54) is 10.9 Å². The lowest BCUT2D eigenvalue weighted by Gasteiger charge is -2.05. The van der Waals surface area contributed by atoms with Gasteiger partial charge in [0.05, 0.1) is 5.71 Å². The van der Waals surface area contributed by atoms with E-state index in [1.54, 1.807) is 0 Å². The molecule has 0 saturated heterocycles. The summed E-state index contributed by atoms with van der Waals surface area (Å²) in [4.78, 5) is 3.34. The average Bonchev–Trinajstić information content (AvgIpc) is 2.66. The maximum absolute atomic E-state index is 8.75. The molecule has 0 bridgehead atoms. The minimum atomic E-state index is 0.687. The molecular formula is C12H10N2O. The SMILES string of the molecule is ON=C1C=Cc2[nH]c3ccccc3c2C1. The lowest BCUT2D eigenvalue weighted by molar-refractivity contribution is 0.318. The van der Waals surface area contributed by atoms with Crippen LogP contribution < -0.4 is 0 Å². The summed E-state index contributed by atoms with van der Waals surface area (Å²) < 4.78 is 0. The highest BCUT2D eigenvalue weighted by Crippen LogP contribution is 2.26. The van der Waals surface area contributed by atoms with E-state index in [-0.39, 0.29) is 0 Å². The molecule has 0 aliphatic heterocycles. The van der Waals surface area contributed by atoms with Crippen LogP contribution in [0.1, 0.15) is 11.3 Å². The van der Waals surface area contributed by atoms with Crippen LogP contribution in [-0.2, 0) is 6.42 Å². The number of para-hydroxylation sites is 1. The number of H-pyrrole nitrogens is 1. The van der Waals surface area contributed by atoms with Crippen molar-refractivity contribution in [3.63, 3.8) is 0 Å². The molecule has 0 radical (unpaired) electrons. The number of nitrogens with one attached hydrogen (secondary N) is 1. The van der Waals surface area contributed by atoms with Gasteiger partial charge in [-0.3, -0.25) is 0 Å². The van der Waals surface area contributed by atoms with Gasteiger partial charge in [0.15, 0.2) is 0 Å². The Hall–Kier alpha value is -2.03. The van der Waals surface area contributed by atoms with Crippen molar-refractivity contribution in [3.8, 4) is 0 Å². The minimum absolute atomic E-state index is 0.687. The van der Waals surface area contributed by atoms with Crippen molar-refractivity contribution < 1.29 is 5.21 Å². The molecule has 0 unspecified atom stereocenters. The van der Waals surface area contributed by atoms with Gasteiger partial charge in [0, 0.05) is 23.0 Å². The van der Waals surface area contributed by atoms with E-state index >= 15 is 0 Å². The van der Waals surface area contributed by atoms with Gasteiger partial charge < -0.3 is 10.2 Å². The molecule has 3 rings (SSSR count). The van der Waals surface area contributed by atoms with Crippen LogP contribution in [0.2, 0.25) is 0 Å². The van der Waals surface area contributed by atoms with Crippen molar-refractivity contribution in [2.45, 2.75) is 6.42 Å². The largest absolute Gasteiger partial charge is 0.411 e. The van der Waals surface area contributed by atoms with Crippen LogP contribution in [-0.4, -0.2) is 15.9 Å². The molecule has 15 heavy (non-hydrogen) atoms. The third kappa shape index (κ3) is 1.16. The highest BCUT2D eigenvalue weighted by Gasteiger charge is 2.14. The molecule has 0 fully saturated rings. The number of fused-ring (bicyclic) bond motifs is 3. The molecule has 0 spiro atoms. The molecule has 74 valence electrons. The second-order valence-corrected chi connectivity index (χ2v) is 3.66. The molecule has 3 heteroatoms. The van der Waals surface area contributed by atoms with Gasteiger partial charge in [-0.05, 0) is 23.8 Å². The van der Waals surface area contributed by atoms with Crippen LogP contribution in [0.5, 0.6) is 0 Å². The van der Waals surface area contributed by atoms with E-state index in [1.807, 2.05) is 24.3 Å². The summed E-state index contributed by atoms with van der Waals surface area (Å²) in [5.74, 6) is 0. The molecule has 1 aromatic carbocycles. The molecular weight excluding hydrogens is 188 g/mol. The van der Waals surface area contributed by atoms with E-state index in [9.17, 15) is 0 Å². The van der Waals surface area contributed by atoms with Crippen molar-refractivity contribution in [2.24, 2.45) is 5.16 Å². The molecule has 0 amide bonds. The number of hydrogen-bond donors (Lipinski definition) is 2. The molecule has 1 aromatic heterocycles. The van der Waals surface area contributed by atoms with Crippen molar-refractivity contribution in [1.82, 2.24) is 4.98 Å². The van der Waals surface area contributed by atoms with Crippen LogP contribution in [0.4, 0.5) is 0 Å².